The van der Waals surface area contributed by atoms with E-state index in [0.717, 1.165) is 17.9 Å². The average Bonchev–Trinajstić information content (AvgIpc) is 2.54. The first-order chi connectivity index (χ1) is 6.09. The molecule has 1 heterocycles. The number of carboxylic acid groups (broad SMARTS) is 1. The van der Waals surface area contributed by atoms with Crippen LogP contribution in [0.5, 0.6) is 0 Å². The van der Waals surface area contributed by atoms with Crippen molar-refractivity contribution in [2.24, 2.45) is 0 Å². The van der Waals surface area contributed by atoms with Gasteiger partial charge in [0, 0.05) is 25.1 Å². The van der Waals surface area contributed by atoms with E-state index < -0.39 is 6.09 Å². The predicted octanol–water partition coefficient (Wildman–Crippen LogP) is 2.18. The maximum Gasteiger partial charge on any atom is 0.407 e. The summed E-state index contributed by atoms with van der Waals surface area (Å²) in [6, 6.07) is 0. The van der Waals surface area contributed by atoms with Gasteiger partial charge in [0.05, 0.1) is 4.08 Å². The molecule has 0 aromatic carbocycles. The van der Waals surface area contributed by atoms with Gasteiger partial charge in [0.1, 0.15) is 0 Å². The van der Waals surface area contributed by atoms with Crippen LogP contribution in [-0.4, -0.2) is 45.3 Å². The topological polar surface area (TPSA) is 40.5 Å². The molecule has 0 aromatic heterocycles. The summed E-state index contributed by atoms with van der Waals surface area (Å²) >= 11 is 3.79. The van der Waals surface area contributed by atoms with Gasteiger partial charge in [-0.2, -0.15) is 0 Å². The van der Waals surface area contributed by atoms with Crippen molar-refractivity contribution in [2.45, 2.75) is 17.4 Å². The van der Waals surface area contributed by atoms with Crippen molar-refractivity contribution in [3.63, 3.8) is 0 Å². The third-order valence-corrected chi connectivity index (χ3v) is 5.83. The molecule has 0 bridgehead atoms. The normalized spacial score (nSPS) is 20.2. The van der Waals surface area contributed by atoms with Crippen LogP contribution in [0.3, 0.4) is 0 Å². The fourth-order valence-electron chi connectivity index (χ4n) is 1.33. The quantitative estimate of drug-likeness (QED) is 0.793. The summed E-state index contributed by atoms with van der Waals surface area (Å²) in [7, 11) is 1.64. The molecule has 0 aliphatic carbocycles. The lowest BCUT2D eigenvalue weighted by atomic mass is 10.3. The molecule has 0 unspecified atom stereocenters. The lowest BCUT2D eigenvalue weighted by Crippen LogP contribution is -2.37. The highest BCUT2D eigenvalue weighted by Gasteiger charge is 2.35. The first-order valence-electron chi connectivity index (χ1n) is 4.31. The fraction of sp³-hybridized carbons (Fsp3) is 0.875. The number of hydrogen-bond donors (Lipinski definition) is 1. The molecule has 13 heavy (non-hydrogen) atoms. The summed E-state index contributed by atoms with van der Waals surface area (Å²) < 4.78 is 0.118. The molecule has 76 valence electrons. The Hall–Kier alpha value is -0.0300. The minimum absolute atomic E-state index is 0.118. The highest BCUT2D eigenvalue weighted by atomic mass is 32.2. The zero-order chi connectivity index (χ0) is 9.90. The van der Waals surface area contributed by atoms with E-state index in [0.29, 0.717) is 6.54 Å². The molecule has 0 aromatic rings. The summed E-state index contributed by atoms with van der Waals surface area (Å²) in [6.45, 7) is 2.76. The molecule has 0 saturated carbocycles. The monoisotopic (exact) mass is 221 g/mol. The first kappa shape index (κ1) is 11.0. The molecule has 1 amide bonds. The van der Waals surface area contributed by atoms with Crippen molar-refractivity contribution in [3.8, 4) is 0 Å². The molecule has 1 N–H and O–H groups in total. The van der Waals surface area contributed by atoms with E-state index in [1.165, 1.54) is 4.90 Å². The summed E-state index contributed by atoms with van der Waals surface area (Å²) in [6.07, 6.45) is 0.195. The Morgan fingerprint density at radius 2 is 2.08 bits per heavy atom. The molecule has 1 fully saturated rings. The molecule has 0 spiro atoms. The molecule has 5 heteroatoms. The Bertz CT molecular complexity index is 193. The van der Waals surface area contributed by atoms with Crippen molar-refractivity contribution in [2.75, 3.05) is 25.1 Å². The first-order valence-corrected chi connectivity index (χ1v) is 6.29. The van der Waals surface area contributed by atoms with Crippen LogP contribution < -0.4 is 0 Å². The Balaban J connectivity index is 2.52. The van der Waals surface area contributed by atoms with E-state index in [-0.39, 0.29) is 4.08 Å². The van der Waals surface area contributed by atoms with E-state index in [2.05, 4.69) is 6.92 Å². The maximum atomic E-state index is 10.7. The van der Waals surface area contributed by atoms with Gasteiger partial charge in [0.25, 0.3) is 0 Å². The van der Waals surface area contributed by atoms with Crippen molar-refractivity contribution in [1.82, 2.24) is 4.90 Å². The van der Waals surface area contributed by atoms with E-state index in [9.17, 15) is 4.79 Å². The van der Waals surface area contributed by atoms with Gasteiger partial charge >= 0.3 is 6.09 Å². The van der Waals surface area contributed by atoms with E-state index >= 15 is 0 Å². The third-order valence-electron chi connectivity index (χ3n) is 2.16. The SMILES string of the molecule is CCC1(CN(C)C(=O)O)SCCS1. The Kier molecular flexibility index (Phi) is 3.79. The summed E-state index contributed by atoms with van der Waals surface area (Å²) in [5, 5.41) is 8.76. The number of hydrogen-bond acceptors (Lipinski definition) is 3. The van der Waals surface area contributed by atoms with Crippen molar-refractivity contribution < 1.29 is 9.90 Å². The standard InChI is InChI=1S/C8H15NO2S2/c1-3-8(12-4-5-13-8)6-9(2)7(10)11/h3-6H2,1-2H3,(H,10,11). The second-order valence-electron chi connectivity index (χ2n) is 3.10. The molecule has 0 radical (unpaired) electrons. The Labute approximate surface area is 87.2 Å². The van der Waals surface area contributed by atoms with E-state index in [4.69, 9.17) is 5.11 Å². The van der Waals surface area contributed by atoms with Gasteiger partial charge in [-0.3, -0.25) is 0 Å². The number of rotatable bonds is 3. The number of nitrogens with zero attached hydrogens (tertiary/aromatic N) is 1. The van der Waals surface area contributed by atoms with E-state index in [1.54, 1.807) is 7.05 Å². The zero-order valence-corrected chi connectivity index (χ0v) is 9.58. The van der Waals surface area contributed by atoms with Crippen LogP contribution in [0.25, 0.3) is 0 Å². The van der Waals surface area contributed by atoms with Gasteiger partial charge in [-0.15, -0.1) is 23.5 Å². The van der Waals surface area contributed by atoms with Gasteiger partial charge in [0.2, 0.25) is 0 Å². The maximum absolute atomic E-state index is 10.7. The van der Waals surface area contributed by atoms with Crippen LogP contribution in [0.2, 0.25) is 0 Å². The second kappa shape index (κ2) is 4.46. The van der Waals surface area contributed by atoms with Crippen LogP contribution in [0.1, 0.15) is 13.3 Å². The largest absolute Gasteiger partial charge is 0.465 e. The second-order valence-corrected chi connectivity index (χ2v) is 6.32. The molecule has 1 rings (SSSR count). The highest BCUT2D eigenvalue weighted by molar-refractivity contribution is 8.21. The van der Waals surface area contributed by atoms with E-state index in [1.807, 2.05) is 23.5 Å². The summed E-state index contributed by atoms with van der Waals surface area (Å²) in [5.74, 6) is 2.29. The molecular weight excluding hydrogens is 206 g/mol. The van der Waals surface area contributed by atoms with Gasteiger partial charge < -0.3 is 10.0 Å². The summed E-state index contributed by atoms with van der Waals surface area (Å²) in [5.41, 5.74) is 0. The van der Waals surface area contributed by atoms with Crippen molar-refractivity contribution in [1.29, 1.82) is 0 Å². The Morgan fingerprint density at radius 1 is 1.54 bits per heavy atom. The molecule has 1 aliphatic rings. The average molecular weight is 221 g/mol. The minimum atomic E-state index is -0.832. The highest BCUT2D eigenvalue weighted by Crippen LogP contribution is 2.46. The van der Waals surface area contributed by atoms with Gasteiger partial charge in [-0.05, 0) is 6.42 Å². The number of amides is 1. The molecule has 3 nitrogen and oxygen atoms in total. The number of thioether (sulfide) groups is 2. The predicted molar refractivity (Wildman–Crippen MR) is 58.6 cm³/mol. The summed E-state index contributed by atoms with van der Waals surface area (Å²) in [4.78, 5) is 12.0. The fourth-order valence-corrected chi connectivity index (χ4v) is 4.56. The van der Waals surface area contributed by atoms with Crippen LogP contribution >= 0.6 is 23.5 Å². The lowest BCUT2D eigenvalue weighted by molar-refractivity contribution is 0.155. The van der Waals surface area contributed by atoms with Crippen LogP contribution in [0.15, 0.2) is 0 Å². The van der Waals surface area contributed by atoms with Crippen LogP contribution in [0.4, 0.5) is 4.79 Å². The van der Waals surface area contributed by atoms with Crippen LogP contribution in [0, 0.1) is 0 Å². The lowest BCUT2D eigenvalue weighted by Gasteiger charge is -2.29. The van der Waals surface area contributed by atoms with Gasteiger partial charge in [-0.25, -0.2) is 4.79 Å². The molecule has 1 saturated heterocycles. The molecule has 1 aliphatic heterocycles. The zero-order valence-electron chi connectivity index (χ0n) is 7.95. The Morgan fingerprint density at radius 3 is 2.46 bits per heavy atom. The third kappa shape index (κ3) is 2.71. The van der Waals surface area contributed by atoms with Gasteiger partial charge in [-0.1, -0.05) is 6.92 Å². The minimum Gasteiger partial charge on any atom is -0.465 e. The van der Waals surface area contributed by atoms with Crippen LogP contribution in [-0.2, 0) is 0 Å². The van der Waals surface area contributed by atoms with Crippen molar-refractivity contribution >= 4 is 29.6 Å². The smallest absolute Gasteiger partial charge is 0.407 e. The molecule has 0 atom stereocenters. The molecular formula is C8H15NO2S2. The van der Waals surface area contributed by atoms with Crippen molar-refractivity contribution in [3.05, 3.63) is 0 Å². The number of carbonyl (C=O) groups is 1. The van der Waals surface area contributed by atoms with Gasteiger partial charge in [0.15, 0.2) is 0 Å².